The monoisotopic (exact) mass is 1000 g/mol. The van der Waals surface area contributed by atoms with E-state index in [1.807, 2.05) is 94.4 Å². The van der Waals surface area contributed by atoms with Crippen LogP contribution in [0.15, 0.2) is 91.3 Å². The first kappa shape index (κ1) is 50.6. The van der Waals surface area contributed by atoms with Crippen LogP contribution >= 0.6 is 23.2 Å². The Kier molecular flexibility index (Phi) is 14.4. The van der Waals surface area contributed by atoms with E-state index < -0.39 is 41.2 Å². The number of ether oxygens (including phenoxy) is 4. The van der Waals surface area contributed by atoms with Gasteiger partial charge in [-0.25, -0.2) is 33.0 Å². The molecule has 0 saturated heterocycles. The van der Waals surface area contributed by atoms with Gasteiger partial charge in [0.15, 0.2) is 35.1 Å². The summed E-state index contributed by atoms with van der Waals surface area (Å²) in [6, 6.07) is 24.3. The summed E-state index contributed by atoms with van der Waals surface area (Å²) >= 11 is 12.7. The number of nitrogens with zero attached hydrogens (tertiary/aromatic N) is 7. The van der Waals surface area contributed by atoms with Gasteiger partial charge in [0, 0.05) is 68.8 Å². The average molecular weight is 1000 g/mol. The molecule has 17 heteroatoms. The van der Waals surface area contributed by atoms with E-state index in [1.54, 1.807) is 57.6 Å². The van der Waals surface area contributed by atoms with Crippen LogP contribution in [0.2, 0.25) is 10.2 Å². The molecule has 0 amide bonds. The molecule has 9 rings (SSSR count). The Morgan fingerprint density at radius 3 is 1.94 bits per heavy atom. The van der Waals surface area contributed by atoms with Gasteiger partial charge in [0.1, 0.15) is 5.15 Å². The molecule has 0 aliphatic carbocycles. The Hall–Kier alpha value is -6.78. The Morgan fingerprint density at radius 2 is 1.32 bits per heavy atom. The molecule has 1 aliphatic heterocycles. The minimum Gasteiger partial charge on any atom is -0.490 e. The van der Waals surface area contributed by atoms with E-state index >= 15 is 4.39 Å². The van der Waals surface area contributed by atoms with Crippen molar-refractivity contribution < 1.29 is 38.0 Å². The van der Waals surface area contributed by atoms with Crippen molar-refractivity contribution in [1.29, 1.82) is 0 Å². The number of halogens is 3. The highest BCUT2D eigenvalue weighted by molar-refractivity contribution is 6.31. The molecule has 1 N–H and O–H groups in total. The van der Waals surface area contributed by atoms with Gasteiger partial charge in [0.25, 0.3) is 0 Å². The number of hydrogen-bond donors (Lipinski definition) is 1. The van der Waals surface area contributed by atoms with Crippen molar-refractivity contribution in [2.75, 3.05) is 13.7 Å². The number of aliphatic carboxylic acids is 1. The van der Waals surface area contributed by atoms with Crippen molar-refractivity contribution in [2.24, 2.45) is 0 Å². The van der Waals surface area contributed by atoms with Crippen molar-refractivity contribution >= 4 is 46.4 Å². The number of carboxylic acids is 1. The predicted molar refractivity (Wildman–Crippen MR) is 270 cm³/mol. The van der Waals surface area contributed by atoms with Gasteiger partial charge >= 0.3 is 11.9 Å². The normalized spacial score (nSPS) is 13.5. The molecule has 3 aromatic carbocycles. The molecule has 368 valence electrons. The van der Waals surface area contributed by atoms with Crippen LogP contribution in [0, 0.1) is 26.6 Å². The summed E-state index contributed by atoms with van der Waals surface area (Å²) in [5.74, 6) is -1.96. The number of carbonyl (C=O) groups excluding carboxylic acids is 1. The third-order valence-corrected chi connectivity index (χ3v) is 12.3. The van der Waals surface area contributed by atoms with Crippen molar-refractivity contribution in [3.8, 4) is 50.6 Å². The third-order valence-electron chi connectivity index (χ3n) is 11.7. The number of aromatic nitrogens is 7. The first-order valence-corrected chi connectivity index (χ1v) is 23.7. The van der Waals surface area contributed by atoms with Crippen molar-refractivity contribution in [2.45, 2.75) is 98.6 Å². The maximum absolute atomic E-state index is 15.6. The first-order valence-electron chi connectivity index (χ1n) is 23.0. The molecular formula is C54H54Cl2FN7O7. The number of fused-ring (bicyclic) bond motifs is 3. The van der Waals surface area contributed by atoms with Crippen LogP contribution in [0.5, 0.6) is 5.75 Å². The second-order valence-corrected chi connectivity index (χ2v) is 20.0. The molecule has 5 aromatic heterocycles. The van der Waals surface area contributed by atoms with Gasteiger partial charge in [0.05, 0.1) is 47.6 Å². The summed E-state index contributed by atoms with van der Waals surface area (Å²) < 4.78 is 41.4. The van der Waals surface area contributed by atoms with Crippen LogP contribution in [-0.2, 0) is 30.2 Å². The lowest BCUT2D eigenvalue weighted by atomic mass is 9.91. The summed E-state index contributed by atoms with van der Waals surface area (Å²) in [5, 5.41) is 20.8. The van der Waals surface area contributed by atoms with E-state index in [1.165, 1.54) is 17.7 Å². The van der Waals surface area contributed by atoms with Gasteiger partial charge in [-0.1, -0.05) is 53.5 Å². The number of rotatable bonds is 10. The van der Waals surface area contributed by atoms with Gasteiger partial charge in [0.2, 0.25) is 0 Å². The number of pyridine rings is 1. The van der Waals surface area contributed by atoms with E-state index in [0.29, 0.717) is 74.5 Å². The van der Waals surface area contributed by atoms with Crippen LogP contribution in [0.1, 0.15) is 93.8 Å². The van der Waals surface area contributed by atoms with E-state index in [9.17, 15) is 14.7 Å². The number of aryl methyl sites for hydroxylation is 2. The van der Waals surface area contributed by atoms with Crippen LogP contribution in [0.25, 0.3) is 56.2 Å². The molecule has 8 aromatic rings. The second-order valence-electron chi connectivity index (χ2n) is 19.2. The minimum atomic E-state index is -1.37. The maximum atomic E-state index is 15.6. The fourth-order valence-electron chi connectivity index (χ4n) is 8.60. The van der Waals surface area contributed by atoms with Crippen molar-refractivity contribution in [3.63, 3.8) is 0 Å². The number of benzene rings is 3. The molecule has 0 bridgehead atoms. The molecule has 71 heavy (non-hydrogen) atoms. The SMILES string of the molecule is COC(=O)C(OC(C)(C)C)c1c(C)nc2cc(-c3cccc(Cl)c3)nn2c1Cl.Cc1nc2cc(-c3cccc(-c4ccncc4)c3)nn2c(-c2cc(F)c3c(c2C)CCCO3)c1[C@H](OC(C)(C)C)C(=O)O. The largest absolute Gasteiger partial charge is 0.490 e. The highest BCUT2D eigenvalue weighted by Gasteiger charge is 2.36. The fraction of sp³-hybridized carbons (Fsp3) is 0.315. The Bertz CT molecular complexity index is 3330. The van der Waals surface area contributed by atoms with Crippen LogP contribution in [0.4, 0.5) is 4.39 Å². The average Bonchev–Trinajstić information content (AvgIpc) is 3.96. The lowest BCUT2D eigenvalue weighted by Gasteiger charge is -2.28. The molecule has 0 spiro atoms. The summed E-state index contributed by atoms with van der Waals surface area (Å²) in [6.45, 7) is 16.8. The molecule has 1 aliphatic rings. The van der Waals surface area contributed by atoms with Crippen LogP contribution in [0.3, 0.4) is 0 Å². The Labute approximate surface area is 420 Å². The quantitative estimate of drug-likeness (QED) is 0.102. The molecule has 2 atom stereocenters. The highest BCUT2D eigenvalue weighted by atomic mass is 35.5. The van der Waals surface area contributed by atoms with Gasteiger partial charge in [-0.3, -0.25) is 4.98 Å². The van der Waals surface area contributed by atoms with Gasteiger partial charge in [-0.05, 0) is 128 Å². The van der Waals surface area contributed by atoms with Gasteiger partial charge in [-0.15, -0.1) is 0 Å². The molecule has 0 radical (unpaired) electrons. The van der Waals surface area contributed by atoms with Gasteiger partial charge < -0.3 is 24.1 Å². The number of methoxy groups -OCH3 is 1. The highest BCUT2D eigenvalue weighted by Crippen LogP contribution is 2.42. The molecule has 1 unspecified atom stereocenters. The second kappa shape index (κ2) is 20.1. The smallest absolute Gasteiger partial charge is 0.339 e. The number of esters is 1. The fourth-order valence-corrected chi connectivity index (χ4v) is 9.15. The van der Waals surface area contributed by atoms with Crippen LogP contribution < -0.4 is 4.74 Å². The Morgan fingerprint density at radius 1 is 0.746 bits per heavy atom. The van der Waals surface area contributed by atoms with Gasteiger partial charge in [-0.2, -0.15) is 10.2 Å². The van der Waals surface area contributed by atoms with E-state index in [-0.39, 0.29) is 10.9 Å². The molecule has 6 heterocycles. The molecular weight excluding hydrogens is 949 g/mol. The summed E-state index contributed by atoms with van der Waals surface area (Å²) in [7, 11) is 1.31. The molecule has 0 saturated carbocycles. The standard InChI is InChI=1S/C34H33FN4O4.C20H21Cl2N3O3/c1-19-24-10-7-15-42-31(24)26(35)17-25(19)30-29(32(33(40)41)43-34(3,4)5)20(2)37-28-18-27(38-39(28)30)23-9-6-8-22(16-23)21-11-13-36-14-12-21;1-11-16(17(19(26)27-5)28-20(2,3)4)18(22)25-15(23-11)10-14(24-25)12-7-6-8-13(21)9-12/h6,8-9,11-14,16-18,32H,7,10,15H2,1-5H3,(H,40,41);6-10,17H,1-5H3/t32-;/m0./s1. The zero-order valence-electron chi connectivity index (χ0n) is 41.1. The summed E-state index contributed by atoms with van der Waals surface area (Å²) in [6.07, 6.45) is 2.52. The summed E-state index contributed by atoms with van der Waals surface area (Å²) in [5.41, 5.74) is 9.02. The zero-order valence-corrected chi connectivity index (χ0v) is 42.6. The minimum absolute atomic E-state index is 0.246. The van der Waals surface area contributed by atoms with E-state index in [2.05, 4.69) is 15.1 Å². The van der Waals surface area contributed by atoms with Crippen molar-refractivity contribution in [1.82, 2.24) is 34.2 Å². The zero-order chi connectivity index (χ0) is 51.1. The predicted octanol–water partition coefficient (Wildman–Crippen LogP) is 12.2. The first-order chi connectivity index (χ1) is 33.6. The maximum Gasteiger partial charge on any atom is 0.339 e. The number of carbonyl (C=O) groups is 2. The topological polar surface area (TPSA) is 165 Å². The number of hydrogen-bond acceptors (Lipinski definition) is 11. The lowest BCUT2D eigenvalue weighted by Crippen LogP contribution is -2.29. The lowest BCUT2D eigenvalue weighted by molar-refractivity contribution is -0.164. The van der Waals surface area contributed by atoms with E-state index in [4.69, 9.17) is 52.2 Å². The molecule has 0 fully saturated rings. The van der Waals surface area contributed by atoms with E-state index in [0.717, 1.165) is 39.8 Å². The summed E-state index contributed by atoms with van der Waals surface area (Å²) in [4.78, 5) is 38.6. The molecule has 14 nitrogen and oxygen atoms in total. The number of carboxylic acid groups (broad SMARTS) is 1. The van der Waals surface area contributed by atoms with Crippen LogP contribution in [-0.4, -0.2) is 76.1 Å². The third kappa shape index (κ3) is 10.8. The van der Waals surface area contributed by atoms with Crippen molar-refractivity contribution in [3.05, 3.63) is 141 Å². The Balaban J connectivity index is 0.000000209.